The number of nitrogens with zero attached hydrogens (tertiary/aromatic N) is 4. The molecule has 152 valence electrons. The summed E-state index contributed by atoms with van der Waals surface area (Å²) in [5, 5.41) is 4.33. The highest BCUT2D eigenvalue weighted by atomic mass is 32.1. The largest absolute Gasteiger partial charge is 0.462 e. The Kier molecular flexibility index (Phi) is 5.62. The molecule has 0 amide bonds. The Morgan fingerprint density at radius 3 is 2.79 bits per heavy atom. The van der Waals surface area contributed by atoms with Gasteiger partial charge in [0.2, 0.25) is 0 Å². The molecule has 0 atom stereocenters. The second-order valence-corrected chi connectivity index (χ2v) is 8.16. The maximum atomic E-state index is 12.3. The fourth-order valence-electron chi connectivity index (χ4n) is 3.69. The Bertz CT molecular complexity index is 1040. The van der Waals surface area contributed by atoms with E-state index in [4.69, 9.17) is 9.72 Å². The van der Waals surface area contributed by atoms with Gasteiger partial charge in [-0.3, -0.25) is 0 Å². The average Bonchev–Trinajstić information content (AvgIpc) is 3.36. The Balaban J connectivity index is 1.63. The van der Waals surface area contributed by atoms with Crippen LogP contribution >= 0.6 is 11.3 Å². The van der Waals surface area contributed by atoms with Gasteiger partial charge in [-0.15, -0.1) is 11.3 Å². The predicted molar refractivity (Wildman–Crippen MR) is 116 cm³/mol. The van der Waals surface area contributed by atoms with Crippen LogP contribution < -0.4 is 10.2 Å². The number of ether oxygens (including phenoxy) is 1. The van der Waals surface area contributed by atoms with Crippen molar-refractivity contribution in [3.8, 4) is 0 Å². The van der Waals surface area contributed by atoms with Crippen LogP contribution in [0.3, 0.4) is 0 Å². The van der Waals surface area contributed by atoms with Gasteiger partial charge in [-0.2, -0.15) is 0 Å². The quantitative estimate of drug-likeness (QED) is 0.612. The van der Waals surface area contributed by atoms with E-state index in [0.717, 1.165) is 51.8 Å². The lowest BCUT2D eigenvalue weighted by molar-refractivity contribution is 0.0531. The maximum absolute atomic E-state index is 12.3. The highest BCUT2D eigenvalue weighted by Crippen LogP contribution is 2.34. The van der Waals surface area contributed by atoms with Crippen LogP contribution in [0.4, 0.5) is 11.6 Å². The van der Waals surface area contributed by atoms with Gasteiger partial charge < -0.3 is 15.0 Å². The van der Waals surface area contributed by atoms with Crippen LogP contribution in [0.25, 0.3) is 10.2 Å². The highest BCUT2D eigenvalue weighted by molar-refractivity contribution is 7.20. The topological polar surface area (TPSA) is 80.2 Å². The third-order valence-electron chi connectivity index (χ3n) is 5.13. The Morgan fingerprint density at radius 2 is 2.03 bits per heavy atom. The van der Waals surface area contributed by atoms with Crippen molar-refractivity contribution in [3.05, 3.63) is 40.2 Å². The molecular weight excluding hydrogens is 386 g/mol. The molecular formula is C21H25N5O2S. The summed E-state index contributed by atoms with van der Waals surface area (Å²) >= 11 is 1.35. The van der Waals surface area contributed by atoms with E-state index in [2.05, 4.69) is 26.3 Å². The molecule has 8 heteroatoms. The van der Waals surface area contributed by atoms with E-state index in [0.29, 0.717) is 18.0 Å². The SMILES string of the molecule is CCOC(=O)c1sc2ncnc(NCc3ccc(C)nc3N3CCCC3)c2c1C. The maximum Gasteiger partial charge on any atom is 0.348 e. The molecule has 7 nitrogen and oxygen atoms in total. The fraction of sp³-hybridized carbons (Fsp3) is 0.429. The molecule has 0 aliphatic carbocycles. The number of hydrogen-bond donors (Lipinski definition) is 1. The minimum atomic E-state index is -0.307. The summed E-state index contributed by atoms with van der Waals surface area (Å²) in [6.45, 7) is 8.81. The van der Waals surface area contributed by atoms with E-state index >= 15 is 0 Å². The van der Waals surface area contributed by atoms with Crippen LogP contribution in [0.15, 0.2) is 18.5 Å². The van der Waals surface area contributed by atoms with Gasteiger partial charge in [0.15, 0.2) is 0 Å². The summed E-state index contributed by atoms with van der Waals surface area (Å²) in [7, 11) is 0. The standard InChI is InChI=1S/C21H25N5O2S/c1-4-28-21(27)17-14(3)16-18(23-12-24-20(16)29-17)22-11-15-8-7-13(2)25-19(15)26-9-5-6-10-26/h7-8,12H,4-6,9-11H2,1-3H3,(H,22,23,24). The van der Waals surface area contributed by atoms with E-state index in [9.17, 15) is 4.79 Å². The smallest absolute Gasteiger partial charge is 0.348 e. The summed E-state index contributed by atoms with van der Waals surface area (Å²) in [5.41, 5.74) is 3.02. The second kappa shape index (κ2) is 8.32. The van der Waals surface area contributed by atoms with Gasteiger partial charge in [0.1, 0.15) is 27.7 Å². The van der Waals surface area contributed by atoms with Crippen LogP contribution in [0.2, 0.25) is 0 Å². The molecule has 3 aromatic rings. The van der Waals surface area contributed by atoms with Crippen molar-refractivity contribution in [2.45, 2.75) is 40.2 Å². The molecule has 0 spiro atoms. The van der Waals surface area contributed by atoms with Crippen molar-refractivity contribution in [3.63, 3.8) is 0 Å². The lowest BCUT2D eigenvalue weighted by atomic mass is 10.2. The molecule has 0 aromatic carbocycles. The summed E-state index contributed by atoms with van der Waals surface area (Å²) in [5.74, 6) is 1.47. The van der Waals surface area contributed by atoms with E-state index < -0.39 is 0 Å². The summed E-state index contributed by atoms with van der Waals surface area (Å²) < 4.78 is 5.18. The monoisotopic (exact) mass is 411 g/mol. The number of carbonyl (C=O) groups excluding carboxylic acids is 1. The van der Waals surface area contributed by atoms with Gasteiger partial charge in [-0.25, -0.2) is 19.7 Å². The van der Waals surface area contributed by atoms with E-state index in [1.54, 1.807) is 6.92 Å². The van der Waals surface area contributed by atoms with Crippen LogP contribution in [0, 0.1) is 13.8 Å². The summed E-state index contributed by atoms with van der Waals surface area (Å²) in [6.07, 6.45) is 3.95. The highest BCUT2D eigenvalue weighted by Gasteiger charge is 2.21. The van der Waals surface area contributed by atoms with Gasteiger partial charge in [0, 0.05) is 30.9 Å². The van der Waals surface area contributed by atoms with Crippen LogP contribution in [-0.2, 0) is 11.3 Å². The summed E-state index contributed by atoms with van der Waals surface area (Å²) in [6, 6.07) is 4.17. The zero-order valence-electron chi connectivity index (χ0n) is 17.0. The number of anilines is 2. The van der Waals surface area contributed by atoms with Crippen molar-refractivity contribution in [1.82, 2.24) is 15.0 Å². The zero-order valence-corrected chi connectivity index (χ0v) is 17.8. The molecule has 1 aliphatic rings. The zero-order chi connectivity index (χ0) is 20.4. The van der Waals surface area contributed by atoms with Crippen molar-refractivity contribution >= 4 is 39.2 Å². The van der Waals surface area contributed by atoms with Crippen LogP contribution in [0.5, 0.6) is 0 Å². The number of nitrogens with one attached hydrogen (secondary N) is 1. The predicted octanol–water partition coefficient (Wildman–Crippen LogP) is 4.09. The number of fused-ring (bicyclic) bond motifs is 1. The van der Waals surface area contributed by atoms with Gasteiger partial charge in [-0.1, -0.05) is 6.07 Å². The van der Waals surface area contributed by atoms with E-state index in [-0.39, 0.29) is 5.97 Å². The molecule has 0 saturated carbocycles. The number of thiophene rings is 1. The van der Waals surface area contributed by atoms with E-state index in [1.807, 2.05) is 19.9 Å². The van der Waals surface area contributed by atoms with Gasteiger partial charge in [0.05, 0.1) is 12.0 Å². The third kappa shape index (κ3) is 3.89. The number of carbonyl (C=O) groups is 1. The van der Waals surface area contributed by atoms with Gasteiger partial charge in [-0.05, 0) is 45.2 Å². The molecule has 0 unspecified atom stereocenters. The Morgan fingerprint density at radius 1 is 1.24 bits per heavy atom. The number of aromatic nitrogens is 3. The normalized spacial score (nSPS) is 13.8. The fourth-order valence-corrected chi connectivity index (χ4v) is 4.73. The molecule has 1 aliphatic heterocycles. The Labute approximate surface area is 174 Å². The minimum absolute atomic E-state index is 0.307. The molecule has 1 fully saturated rings. The summed E-state index contributed by atoms with van der Waals surface area (Å²) in [4.78, 5) is 29.6. The number of hydrogen-bond acceptors (Lipinski definition) is 8. The first-order chi connectivity index (χ1) is 14.1. The number of rotatable bonds is 6. The van der Waals surface area contributed by atoms with E-state index in [1.165, 1.54) is 30.5 Å². The number of aryl methyl sites for hydroxylation is 2. The first kappa shape index (κ1) is 19.6. The molecule has 0 radical (unpaired) electrons. The number of pyridine rings is 1. The third-order valence-corrected chi connectivity index (χ3v) is 6.31. The van der Waals surface area contributed by atoms with Gasteiger partial charge in [0.25, 0.3) is 0 Å². The molecule has 1 N–H and O–H groups in total. The minimum Gasteiger partial charge on any atom is -0.462 e. The molecule has 3 aromatic heterocycles. The number of esters is 1. The average molecular weight is 412 g/mol. The van der Waals surface area contributed by atoms with Crippen molar-refractivity contribution in [1.29, 1.82) is 0 Å². The molecule has 0 bridgehead atoms. The van der Waals surface area contributed by atoms with Crippen LogP contribution in [0.1, 0.15) is 46.3 Å². The van der Waals surface area contributed by atoms with Gasteiger partial charge >= 0.3 is 5.97 Å². The molecule has 4 heterocycles. The van der Waals surface area contributed by atoms with Crippen LogP contribution in [-0.4, -0.2) is 40.6 Å². The molecule has 29 heavy (non-hydrogen) atoms. The lowest BCUT2D eigenvalue weighted by Gasteiger charge is -2.21. The van der Waals surface area contributed by atoms with Crippen molar-refractivity contribution < 1.29 is 9.53 Å². The lowest BCUT2D eigenvalue weighted by Crippen LogP contribution is -2.22. The second-order valence-electron chi connectivity index (χ2n) is 7.16. The molecule has 4 rings (SSSR count). The molecule has 1 saturated heterocycles. The van der Waals surface area contributed by atoms with Crippen molar-refractivity contribution in [2.24, 2.45) is 0 Å². The first-order valence-electron chi connectivity index (χ1n) is 9.95. The Hall–Kier alpha value is -2.74. The van der Waals surface area contributed by atoms with Crippen molar-refractivity contribution in [2.75, 3.05) is 29.9 Å². The first-order valence-corrected chi connectivity index (χ1v) is 10.8.